The number of aryl methyl sites for hydroxylation is 1. The first kappa shape index (κ1) is 9.97. The van der Waals surface area contributed by atoms with Gasteiger partial charge in [0.05, 0.1) is 17.3 Å². The Labute approximate surface area is 100.0 Å². The van der Waals surface area contributed by atoms with Crippen LogP contribution < -0.4 is 0 Å². The molecule has 2 heterocycles. The summed E-state index contributed by atoms with van der Waals surface area (Å²) in [6.45, 7) is 0.656. The van der Waals surface area contributed by atoms with Gasteiger partial charge in [-0.1, -0.05) is 11.6 Å². The fourth-order valence-corrected chi connectivity index (χ4v) is 1.73. The predicted molar refractivity (Wildman–Crippen MR) is 62.3 cm³/mol. The van der Waals surface area contributed by atoms with Crippen LogP contribution in [0.3, 0.4) is 0 Å². The summed E-state index contributed by atoms with van der Waals surface area (Å²) < 4.78 is 4.37. The maximum atomic E-state index is 5.88. The largest absolute Gasteiger partial charge is 0.275 e. The maximum absolute atomic E-state index is 5.88. The molecule has 0 aliphatic heterocycles. The molecule has 0 radical (unpaired) electrons. The van der Waals surface area contributed by atoms with E-state index in [0.29, 0.717) is 11.6 Å². The van der Waals surface area contributed by atoms with Crippen LogP contribution in [0, 0.1) is 3.70 Å². The van der Waals surface area contributed by atoms with Gasteiger partial charge in [0, 0.05) is 19.4 Å². The average Bonchev–Trinajstić information content (AvgIpc) is 2.62. The zero-order valence-electron chi connectivity index (χ0n) is 7.48. The molecular formula is C8H8ClIN4. The molecule has 74 valence electrons. The van der Waals surface area contributed by atoms with Crippen molar-refractivity contribution in [2.45, 2.75) is 6.54 Å². The van der Waals surface area contributed by atoms with Gasteiger partial charge in [-0.3, -0.25) is 9.36 Å². The third kappa shape index (κ3) is 2.09. The van der Waals surface area contributed by atoms with Gasteiger partial charge in [-0.25, -0.2) is 0 Å². The Morgan fingerprint density at radius 1 is 1.50 bits per heavy atom. The first-order valence-electron chi connectivity index (χ1n) is 4.02. The lowest BCUT2D eigenvalue weighted by molar-refractivity contribution is 0.646. The van der Waals surface area contributed by atoms with Crippen molar-refractivity contribution in [3.8, 4) is 0 Å². The normalized spacial score (nSPS) is 10.8. The summed E-state index contributed by atoms with van der Waals surface area (Å²) in [5.74, 6) is 0. The molecule has 2 aromatic rings. The van der Waals surface area contributed by atoms with Gasteiger partial charge in [0.2, 0.25) is 0 Å². The zero-order chi connectivity index (χ0) is 10.1. The van der Waals surface area contributed by atoms with E-state index in [9.17, 15) is 0 Å². The molecule has 0 saturated carbocycles. The van der Waals surface area contributed by atoms with E-state index in [1.807, 2.05) is 19.3 Å². The monoisotopic (exact) mass is 322 g/mol. The quantitative estimate of drug-likeness (QED) is 0.792. The summed E-state index contributed by atoms with van der Waals surface area (Å²) in [6, 6.07) is 1.96. The Morgan fingerprint density at radius 3 is 2.79 bits per heavy atom. The number of aromatic nitrogens is 4. The van der Waals surface area contributed by atoms with Crippen molar-refractivity contribution in [2.24, 2.45) is 7.05 Å². The standard InChI is InChI=1S/C8H8ClIN4/c1-13-3-2-6(11-13)4-14-5-7(9)8(10)12-14/h2-3,5H,4H2,1H3. The second-order valence-corrected chi connectivity index (χ2v) is 4.38. The molecule has 4 nitrogen and oxygen atoms in total. The molecule has 0 aliphatic carbocycles. The molecule has 14 heavy (non-hydrogen) atoms. The first-order chi connectivity index (χ1) is 6.65. The van der Waals surface area contributed by atoms with Gasteiger partial charge >= 0.3 is 0 Å². The van der Waals surface area contributed by atoms with Crippen LogP contribution in [0.4, 0.5) is 0 Å². The molecular weight excluding hydrogens is 314 g/mol. The fourth-order valence-electron chi connectivity index (χ4n) is 1.17. The lowest BCUT2D eigenvalue weighted by Crippen LogP contribution is -2.01. The highest BCUT2D eigenvalue weighted by atomic mass is 127. The molecule has 0 aliphatic rings. The van der Waals surface area contributed by atoms with Crippen molar-refractivity contribution < 1.29 is 0 Å². The van der Waals surface area contributed by atoms with Crippen molar-refractivity contribution in [1.29, 1.82) is 0 Å². The minimum absolute atomic E-state index is 0.656. The van der Waals surface area contributed by atoms with Crippen LogP contribution in [0.5, 0.6) is 0 Å². The minimum atomic E-state index is 0.656. The van der Waals surface area contributed by atoms with Gasteiger partial charge in [-0.05, 0) is 28.7 Å². The number of halogens is 2. The lowest BCUT2D eigenvalue weighted by Gasteiger charge is -1.95. The SMILES string of the molecule is Cn1ccc(Cn2cc(Cl)c(I)n2)n1. The Kier molecular flexibility index (Phi) is 2.78. The third-order valence-corrected chi connectivity index (χ3v) is 3.16. The van der Waals surface area contributed by atoms with Crippen LogP contribution in [-0.2, 0) is 13.6 Å². The van der Waals surface area contributed by atoms with Crippen LogP contribution in [0.15, 0.2) is 18.5 Å². The molecule has 0 bridgehead atoms. The van der Waals surface area contributed by atoms with Crippen molar-refractivity contribution in [3.05, 3.63) is 32.9 Å². The van der Waals surface area contributed by atoms with E-state index < -0.39 is 0 Å². The lowest BCUT2D eigenvalue weighted by atomic mass is 10.4. The molecule has 0 aromatic carbocycles. The highest BCUT2D eigenvalue weighted by molar-refractivity contribution is 14.1. The molecule has 0 fully saturated rings. The fraction of sp³-hybridized carbons (Fsp3) is 0.250. The molecule has 0 unspecified atom stereocenters. The molecule has 0 atom stereocenters. The average molecular weight is 323 g/mol. The van der Waals surface area contributed by atoms with Crippen LogP contribution in [0.1, 0.15) is 5.69 Å². The summed E-state index contributed by atoms with van der Waals surface area (Å²) in [6.07, 6.45) is 3.71. The van der Waals surface area contributed by atoms with E-state index in [0.717, 1.165) is 9.39 Å². The molecule has 0 amide bonds. The first-order valence-corrected chi connectivity index (χ1v) is 5.48. The van der Waals surface area contributed by atoms with Gasteiger partial charge in [0.15, 0.2) is 0 Å². The Balaban J connectivity index is 2.18. The smallest absolute Gasteiger partial charge is 0.141 e. The molecule has 0 spiro atoms. The summed E-state index contributed by atoms with van der Waals surface area (Å²) >= 11 is 7.99. The van der Waals surface area contributed by atoms with Crippen LogP contribution in [0.2, 0.25) is 5.02 Å². The van der Waals surface area contributed by atoms with Crippen molar-refractivity contribution in [2.75, 3.05) is 0 Å². The number of rotatable bonds is 2. The molecule has 6 heteroatoms. The Morgan fingerprint density at radius 2 is 2.29 bits per heavy atom. The predicted octanol–water partition coefficient (Wildman–Crippen LogP) is 1.92. The highest BCUT2D eigenvalue weighted by Crippen LogP contribution is 2.16. The second kappa shape index (κ2) is 3.90. The summed E-state index contributed by atoms with van der Waals surface area (Å²) in [4.78, 5) is 0. The van der Waals surface area contributed by atoms with Gasteiger partial charge < -0.3 is 0 Å². The number of nitrogens with zero attached hydrogens (tertiary/aromatic N) is 4. The van der Waals surface area contributed by atoms with E-state index in [2.05, 4.69) is 32.8 Å². The van der Waals surface area contributed by atoms with Crippen LogP contribution >= 0.6 is 34.2 Å². The summed E-state index contributed by atoms with van der Waals surface area (Å²) in [7, 11) is 1.89. The van der Waals surface area contributed by atoms with E-state index in [1.54, 1.807) is 15.6 Å². The second-order valence-electron chi connectivity index (χ2n) is 2.95. The number of hydrogen-bond donors (Lipinski definition) is 0. The Bertz CT molecular complexity index is 428. The molecule has 0 saturated heterocycles. The molecule has 2 aromatic heterocycles. The van der Waals surface area contributed by atoms with Gasteiger partial charge in [0.25, 0.3) is 0 Å². The maximum Gasteiger partial charge on any atom is 0.141 e. The molecule has 2 rings (SSSR count). The van der Waals surface area contributed by atoms with E-state index in [4.69, 9.17) is 11.6 Å². The summed E-state index contributed by atoms with van der Waals surface area (Å²) in [5, 5.41) is 9.17. The minimum Gasteiger partial charge on any atom is -0.275 e. The zero-order valence-corrected chi connectivity index (χ0v) is 10.4. The van der Waals surface area contributed by atoms with Crippen molar-refractivity contribution in [3.63, 3.8) is 0 Å². The topological polar surface area (TPSA) is 35.6 Å². The van der Waals surface area contributed by atoms with E-state index >= 15 is 0 Å². The van der Waals surface area contributed by atoms with Crippen molar-refractivity contribution >= 4 is 34.2 Å². The Hall–Kier alpha value is -0.560. The van der Waals surface area contributed by atoms with Gasteiger partial charge in [0.1, 0.15) is 3.70 Å². The van der Waals surface area contributed by atoms with E-state index in [-0.39, 0.29) is 0 Å². The van der Waals surface area contributed by atoms with Gasteiger partial charge in [-0.2, -0.15) is 10.2 Å². The number of hydrogen-bond acceptors (Lipinski definition) is 2. The van der Waals surface area contributed by atoms with E-state index in [1.165, 1.54) is 0 Å². The van der Waals surface area contributed by atoms with Crippen molar-refractivity contribution in [1.82, 2.24) is 19.6 Å². The molecule has 0 N–H and O–H groups in total. The van der Waals surface area contributed by atoms with Crippen LogP contribution in [-0.4, -0.2) is 19.6 Å². The third-order valence-electron chi connectivity index (χ3n) is 1.77. The van der Waals surface area contributed by atoms with Crippen LogP contribution in [0.25, 0.3) is 0 Å². The summed E-state index contributed by atoms with van der Waals surface area (Å²) in [5.41, 5.74) is 0.975. The highest BCUT2D eigenvalue weighted by Gasteiger charge is 2.04. The van der Waals surface area contributed by atoms with Gasteiger partial charge in [-0.15, -0.1) is 0 Å².